The Morgan fingerprint density at radius 1 is 1.32 bits per heavy atom. The van der Waals surface area contributed by atoms with Gasteiger partial charge in [0.1, 0.15) is 11.5 Å². The molecule has 3 rings (SSSR count). The van der Waals surface area contributed by atoms with E-state index in [4.69, 9.17) is 9.47 Å². The molecule has 1 aliphatic heterocycles. The molecule has 2 aromatic rings. The van der Waals surface area contributed by atoms with E-state index in [1.165, 1.54) is 10.4 Å². The van der Waals surface area contributed by atoms with Crippen molar-refractivity contribution in [1.82, 2.24) is 4.90 Å². The predicted molar refractivity (Wildman–Crippen MR) is 101 cm³/mol. The Bertz CT molecular complexity index is 744. The van der Waals surface area contributed by atoms with Gasteiger partial charge in [0.2, 0.25) is 5.91 Å². The minimum Gasteiger partial charge on any atom is -0.497 e. The molecule has 1 aromatic carbocycles. The summed E-state index contributed by atoms with van der Waals surface area (Å²) in [5, 5.41) is 5.12. The van der Waals surface area contributed by atoms with Crippen molar-refractivity contribution in [3.8, 4) is 11.5 Å². The van der Waals surface area contributed by atoms with E-state index in [-0.39, 0.29) is 5.91 Å². The molecule has 0 fully saturated rings. The van der Waals surface area contributed by atoms with E-state index in [9.17, 15) is 4.79 Å². The van der Waals surface area contributed by atoms with Crippen LogP contribution in [0.25, 0.3) is 0 Å². The van der Waals surface area contributed by atoms with Crippen molar-refractivity contribution in [2.24, 2.45) is 0 Å². The number of thiophene rings is 1. The van der Waals surface area contributed by atoms with E-state index in [1.807, 2.05) is 17.4 Å². The molecule has 6 heteroatoms. The lowest BCUT2D eigenvalue weighted by molar-refractivity contribution is -0.118. The molecule has 0 saturated carbocycles. The van der Waals surface area contributed by atoms with Gasteiger partial charge in [0, 0.05) is 23.5 Å². The van der Waals surface area contributed by atoms with Crippen LogP contribution < -0.4 is 14.8 Å². The van der Waals surface area contributed by atoms with Gasteiger partial charge in [0.05, 0.1) is 26.5 Å². The molecule has 0 bridgehead atoms. The van der Waals surface area contributed by atoms with Crippen molar-refractivity contribution in [3.05, 3.63) is 40.1 Å². The summed E-state index contributed by atoms with van der Waals surface area (Å²) >= 11 is 1.82. The van der Waals surface area contributed by atoms with Crippen LogP contribution in [-0.4, -0.2) is 38.1 Å². The van der Waals surface area contributed by atoms with E-state index in [0.717, 1.165) is 19.4 Å². The molecule has 0 saturated heterocycles. The first kappa shape index (κ1) is 17.8. The van der Waals surface area contributed by atoms with Gasteiger partial charge >= 0.3 is 0 Å². The normalized spacial score (nSPS) is 17.0. The van der Waals surface area contributed by atoms with Crippen LogP contribution in [0.2, 0.25) is 0 Å². The van der Waals surface area contributed by atoms with Crippen LogP contribution in [0.5, 0.6) is 11.5 Å². The number of nitrogens with one attached hydrogen (secondary N) is 1. The first-order valence-corrected chi connectivity index (χ1v) is 9.36. The van der Waals surface area contributed by atoms with E-state index in [2.05, 4.69) is 28.6 Å². The lowest BCUT2D eigenvalue weighted by Gasteiger charge is -2.34. The minimum atomic E-state index is -0.0272. The quantitative estimate of drug-likeness (QED) is 0.853. The number of nitrogens with zero attached hydrogens (tertiary/aromatic N) is 1. The Morgan fingerprint density at radius 3 is 2.88 bits per heavy atom. The Balaban J connectivity index is 1.69. The largest absolute Gasteiger partial charge is 0.497 e. The van der Waals surface area contributed by atoms with E-state index < -0.39 is 0 Å². The number of rotatable bonds is 6. The molecule has 1 aromatic heterocycles. The third-order valence-electron chi connectivity index (χ3n) is 4.62. The van der Waals surface area contributed by atoms with Gasteiger partial charge in [-0.25, -0.2) is 0 Å². The second-order valence-corrected chi connectivity index (χ2v) is 7.06. The summed E-state index contributed by atoms with van der Waals surface area (Å²) in [6.45, 7) is 3.47. The summed E-state index contributed by atoms with van der Waals surface area (Å²) in [6, 6.07) is 7.90. The molecule has 0 spiro atoms. The van der Waals surface area contributed by atoms with Crippen molar-refractivity contribution >= 4 is 22.9 Å². The third-order valence-corrected chi connectivity index (χ3v) is 5.62. The van der Waals surface area contributed by atoms with Crippen molar-refractivity contribution < 1.29 is 14.3 Å². The summed E-state index contributed by atoms with van der Waals surface area (Å²) in [5.74, 6) is 1.26. The number of methoxy groups -OCH3 is 2. The molecule has 2 heterocycles. The number of carbonyl (C=O) groups excluding carboxylic acids is 1. The van der Waals surface area contributed by atoms with Crippen LogP contribution in [0.1, 0.15) is 29.8 Å². The maximum atomic E-state index is 12.6. The molecular weight excluding hydrogens is 336 g/mol. The van der Waals surface area contributed by atoms with Gasteiger partial charge in [-0.3, -0.25) is 9.69 Å². The standard InChI is InChI=1S/C19H24N2O3S/c1-4-16-14-8-10-25-18(14)7-9-21(16)12-19(22)20-15-6-5-13(23-2)11-17(15)24-3/h5-6,8,10-11,16H,4,7,9,12H2,1-3H3,(H,20,22)/t16-/m0/s1. The molecule has 1 atom stereocenters. The summed E-state index contributed by atoms with van der Waals surface area (Å²) in [7, 11) is 3.19. The molecule has 1 N–H and O–H groups in total. The molecule has 0 radical (unpaired) electrons. The van der Waals surface area contributed by atoms with Crippen LogP contribution >= 0.6 is 11.3 Å². The third kappa shape index (κ3) is 3.80. The maximum Gasteiger partial charge on any atom is 0.238 e. The smallest absolute Gasteiger partial charge is 0.238 e. The van der Waals surface area contributed by atoms with E-state index in [0.29, 0.717) is 29.8 Å². The van der Waals surface area contributed by atoms with Crippen LogP contribution in [0.4, 0.5) is 5.69 Å². The Kier molecular flexibility index (Phi) is 5.60. The first-order valence-electron chi connectivity index (χ1n) is 8.48. The Hall–Kier alpha value is -2.05. The second-order valence-electron chi connectivity index (χ2n) is 6.06. The van der Waals surface area contributed by atoms with Crippen LogP contribution in [0.3, 0.4) is 0 Å². The number of hydrogen-bond acceptors (Lipinski definition) is 5. The molecule has 1 amide bonds. The molecular formula is C19H24N2O3S. The van der Waals surface area contributed by atoms with Gasteiger partial charge in [-0.2, -0.15) is 0 Å². The highest BCUT2D eigenvalue weighted by Crippen LogP contribution is 2.35. The maximum absolute atomic E-state index is 12.6. The molecule has 25 heavy (non-hydrogen) atoms. The highest BCUT2D eigenvalue weighted by atomic mass is 32.1. The van der Waals surface area contributed by atoms with Gasteiger partial charge in [-0.15, -0.1) is 11.3 Å². The monoisotopic (exact) mass is 360 g/mol. The van der Waals surface area contributed by atoms with Crippen LogP contribution in [0.15, 0.2) is 29.6 Å². The molecule has 0 unspecified atom stereocenters. The van der Waals surface area contributed by atoms with Gasteiger partial charge in [-0.05, 0) is 42.0 Å². The number of benzene rings is 1. The number of carbonyl (C=O) groups is 1. The number of fused-ring (bicyclic) bond motifs is 1. The zero-order valence-electron chi connectivity index (χ0n) is 14.9. The fourth-order valence-electron chi connectivity index (χ4n) is 3.39. The number of amides is 1. The topological polar surface area (TPSA) is 50.8 Å². The molecule has 5 nitrogen and oxygen atoms in total. The van der Waals surface area contributed by atoms with Crippen LogP contribution in [0, 0.1) is 0 Å². The van der Waals surface area contributed by atoms with Gasteiger partial charge in [-0.1, -0.05) is 6.92 Å². The zero-order valence-corrected chi connectivity index (χ0v) is 15.7. The molecule has 0 aliphatic carbocycles. The Labute approximate surface area is 152 Å². The zero-order chi connectivity index (χ0) is 17.8. The predicted octanol–water partition coefficient (Wildman–Crippen LogP) is 3.71. The summed E-state index contributed by atoms with van der Waals surface area (Å²) in [5.41, 5.74) is 2.04. The highest BCUT2D eigenvalue weighted by molar-refractivity contribution is 7.10. The lowest BCUT2D eigenvalue weighted by atomic mass is 9.98. The van der Waals surface area contributed by atoms with Crippen LogP contribution in [-0.2, 0) is 11.2 Å². The highest BCUT2D eigenvalue weighted by Gasteiger charge is 2.28. The van der Waals surface area contributed by atoms with Gasteiger partial charge in [0.25, 0.3) is 0 Å². The first-order chi connectivity index (χ1) is 12.2. The van der Waals surface area contributed by atoms with Crippen molar-refractivity contribution in [3.63, 3.8) is 0 Å². The van der Waals surface area contributed by atoms with Crippen molar-refractivity contribution in [2.75, 3.05) is 32.6 Å². The van der Waals surface area contributed by atoms with Crippen molar-refractivity contribution in [2.45, 2.75) is 25.8 Å². The second kappa shape index (κ2) is 7.89. The summed E-state index contributed by atoms with van der Waals surface area (Å²) in [4.78, 5) is 16.3. The Morgan fingerprint density at radius 2 is 2.16 bits per heavy atom. The van der Waals surface area contributed by atoms with Gasteiger partial charge < -0.3 is 14.8 Å². The average Bonchev–Trinajstić information content (AvgIpc) is 3.10. The summed E-state index contributed by atoms with van der Waals surface area (Å²) in [6.07, 6.45) is 2.02. The van der Waals surface area contributed by atoms with E-state index in [1.54, 1.807) is 26.4 Å². The SMILES string of the molecule is CC[C@H]1c2ccsc2CCN1CC(=O)Nc1ccc(OC)cc1OC. The van der Waals surface area contributed by atoms with Crippen molar-refractivity contribution in [1.29, 1.82) is 0 Å². The van der Waals surface area contributed by atoms with Gasteiger partial charge in [0.15, 0.2) is 0 Å². The fraction of sp³-hybridized carbons (Fsp3) is 0.421. The van der Waals surface area contributed by atoms with E-state index >= 15 is 0 Å². The number of ether oxygens (including phenoxy) is 2. The lowest BCUT2D eigenvalue weighted by Crippen LogP contribution is -2.40. The molecule has 1 aliphatic rings. The number of anilines is 1. The molecule has 134 valence electrons. The minimum absolute atomic E-state index is 0.0272. The summed E-state index contributed by atoms with van der Waals surface area (Å²) < 4.78 is 10.5. The average molecular weight is 360 g/mol. The number of hydrogen-bond donors (Lipinski definition) is 1. The fourth-order valence-corrected chi connectivity index (χ4v) is 4.32.